The van der Waals surface area contributed by atoms with E-state index in [4.69, 9.17) is 4.74 Å². The van der Waals surface area contributed by atoms with Gasteiger partial charge in [0.25, 0.3) is 0 Å². The van der Waals surface area contributed by atoms with Gasteiger partial charge in [0, 0.05) is 12.3 Å². The van der Waals surface area contributed by atoms with Crippen LogP contribution in [0.15, 0.2) is 36.0 Å². The number of esters is 1. The Labute approximate surface area is 218 Å². The SMILES string of the molecule is CCCCC/C=C\C/C=C\CCCCCCCC(=O)OC[C@H]1C(C)=CC[C@H]2C(C)(C)CCC[C@]12C. The Morgan fingerprint density at radius 3 is 2.31 bits per heavy atom. The molecule has 0 radical (unpaired) electrons. The topological polar surface area (TPSA) is 26.3 Å². The number of carbonyl (C=O) groups is 1. The van der Waals surface area contributed by atoms with Crippen LogP contribution in [0.4, 0.5) is 0 Å². The molecule has 0 aromatic carbocycles. The van der Waals surface area contributed by atoms with Crippen molar-refractivity contribution in [2.45, 2.75) is 137 Å². The highest BCUT2D eigenvalue weighted by Crippen LogP contribution is 2.59. The Bertz CT molecular complexity index is 698. The molecule has 0 unspecified atom stereocenters. The molecule has 2 nitrogen and oxygen atoms in total. The summed E-state index contributed by atoms with van der Waals surface area (Å²) < 4.78 is 5.86. The van der Waals surface area contributed by atoms with Gasteiger partial charge < -0.3 is 4.74 Å². The van der Waals surface area contributed by atoms with E-state index < -0.39 is 0 Å². The second kappa shape index (κ2) is 15.7. The van der Waals surface area contributed by atoms with E-state index in [1.54, 1.807) is 0 Å². The van der Waals surface area contributed by atoms with Crippen LogP contribution >= 0.6 is 0 Å². The van der Waals surface area contributed by atoms with Crippen LogP contribution in [0.1, 0.15) is 137 Å². The molecule has 0 saturated heterocycles. The minimum Gasteiger partial charge on any atom is -0.465 e. The van der Waals surface area contributed by atoms with Gasteiger partial charge in [0.1, 0.15) is 0 Å². The molecule has 0 aliphatic heterocycles. The molecule has 0 aromatic heterocycles. The predicted octanol–water partition coefficient (Wildman–Crippen LogP) is 10.1. The summed E-state index contributed by atoms with van der Waals surface area (Å²) in [4.78, 5) is 12.5. The lowest BCUT2D eigenvalue weighted by atomic mass is 9.49. The third-order valence-corrected chi connectivity index (χ3v) is 9.04. The fraction of sp³-hybridized carbons (Fsp3) is 0.788. The standard InChI is InChI=1S/C33H56O2/c1-6-7-8-9-10-11-12-13-14-15-16-17-18-19-20-22-31(34)35-27-29-28(2)23-24-30-32(3,4)25-21-26-33(29,30)5/h10-11,13-14,23,29-30H,6-9,12,15-22,24-27H2,1-5H3/b11-10-,14-13-/t29-,30-,33+/m0/s1. The van der Waals surface area contributed by atoms with Crippen molar-refractivity contribution in [3.05, 3.63) is 36.0 Å². The molecular weight excluding hydrogens is 428 g/mol. The second-order valence-electron chi connectivity index (χ2n) is 12.3. The molecule has 1 saturated carbocycles. The van der Waals surface area contributed by atoms with E-state index in [0.29, 0.717) is 30.3 Å². The first kappa shape index (κ1) is 29.9. The molecular formula is C33H56O2. The van der Waals surface area contributed by atoms with Crippen molar-refractivity contribution in [3.8, 4) is 0 Å². The quantitative estimate of drug-likeness (QED) is 0.124. The van der Waals surface area contributed by atoms with E-state index in [2.05, 4.69) is 65.0 Å². The average molecular weight is 485 g/mol. The van der Waals surface area contributed by atoms with Gasteiger partial charge in [-0.2, -0.15) is 0 Å². The zero-order valence-electron chi connectivity index (χ0n) is 23.9. The normalized spacial score (nSPS) is 26.1. The van der Waals surface area contributed by atoms with Gasteiger partial charge >= 0.3 is 5.97 Å². The molecule has 0 bridgehead atoms. The molecule has 2 aliphatic carbocycles. The van der Waals surface area contributed by atoms with Gasteiger partial charge in [0.05, 0.1) is 6.61 Å². The largest absolute Gasteiger partial charge is 0.465 e. The van der Waals surface area contributed by atoms with Crippen LogP contribution < -0.4 is 0 Å². The Hall–Kier alpha value is -1.31. The third-order valence-electron chi connectivity index (χ3n) is 9.04. The van der Waals surface area contributed by atoms with Crippen LogP contribution in [0.3, 0.4) is 0 Å². The second-order valence-corrected chi connectivity index (χ2v) is 12.3. The first-order chi connectivity index (χ1) is 16.8. The van der Waals surface area contributed by atoms with E-state index in [1.807, 2.05) is 0 Å². The van der Waals surface area contributed by atoms with Crippen molar-refractivity contribution >= 4 is 5.97 Å². The summed E-state index contributed by atoms with van der Waals surface area (Å²) >= 11 is 0. The Morgan fingerprint density at radius 2 is 1.60 bits per heavy atom. The highest BCUT2D eigenvalue weighted by Gasteiger charge is 2.52. The van der Waals surface area contributed by atoms with Gasteiger partial charge in [-0.25, -0.2) is 0 Å². The predicted molar refractivity (Wildman–Crippen MR) is 151 cm³/mol. The number of unbranched alkanes of at least 4 members (excludes halogenated alkanes) is 8. The molecule has 2 heteroatoms. The molecule has 0 aromatic rings. The molecule has 2 aliphatic rings. The van der Waals surface area contributed by atoms with E-state index in [9.17, 15) is 4.79 Å². The van der Waals surface area contributed by atoms with Crippen molar-refractivity contribution < 1.29 is 9.53 Å². The van der Waals surface area contributed by atoms with Crippen molar-refractivity contribution in [2.75, 3.05) is 6.61 Å². The molecule has 0 spiro atoms. The highest BCUT2D eigenvalue weighted by atomic mass is 16.5. The van der Waals surface area contributed by atoms with Crippen molar-refractivity contribution in [1.29, 1.82) is 0 Å². The molecule has 0 amide bonds. The minimum absolute atomic E-state index is 0.00396. The van der Waals surface area contributed by atoms with Gasteiger partial charge in [-0.15, -0.1) is 0 Å². The lowest BCUT2D eigenvalue weighted by Gasteiger charge is -2.56. The monoisotopic (exact) mass is 484 g/mol. The van der Waals surface area contributed by atoms with Crippen molar-refractivity contribution in [3.63, 3.8) is 0 Å². The number of fused-ring (bicyclic) bond motifs is 1. The smallest absolute Gasteiger partial charge is 0.305 e. The average Bonchev–Trinajstić information content (AvgIpc) is 2.80. The van der Waals surface area contributed by atoms with Gasteiger partial charge in [-0.1, -0.05) is 102 Å². The summed E-state index contributed by atoms with van der Waals surface area (Å²) in [6, 6.07) is 0. The van der Waals surface area contributed by atoms with Crippen LogP contribution in [0.2, 0.25) is 0 Å². The fourth-order valence-electron chi connectivity index (χ4n) is 6.79. The summed E-state index contributed by atoms with van der Waals surface area (Å²) in [5, 5.41) is 0. The van der Waals surface area contributed by atoms with Gasteiger partial charge in [0.2, 0.25) is 0 Å². The Morgan fingerprint density at radius 1 is 0.943 bits per heavy atom. The highest BCUT2D eigenvalue weighted by molar-refractivity contribution is 5.69. The van der Waals surface area contributed by atoms with Crippen LogP contribution in [0.5, 0.6) is 0 Å². The van der Waals surface area contributed by atoms with Crippen LogP contribution in [0, 0.1) is 22.7 Å². The number of carbonyl (C=O) groups excluding carboxylic acids is 1. The molecule has 1 fully saturated rings. The van der Waals surface area contributed by atoms with Crippen LogP contribution in [0.25, 0.3) is 0 Å². The Kier molecular flexibility index (Phi) is 13.4. The maximum Gasteiger partial charge on any atom is 0.305 e. The summed E-state index contributed by atoms with van der Waals surface area (Å²) in [5.74, 6) is 1.08. The van der Waals surface area contributed by atoms with E-state index in [1.165, 1.54) is 82.6 Å². The summed E-state index contributed by atoms with van der Waals surface area (Å²) in [5.41, 5.74) is 2.08. The van der Waals surface area contributed by atoms with Gasteiger partial charge in [-0.3, -0.25) is 4.79 Å². The molecule has 0 N–H and O–H groups in total. The molecule has 2 rings (SSSR count). The summed E-state index contributed by atoms with van der Waals surface area (Å²) in [6.45, 7) is 12.4. The number of hydrogen-bond acceptors (Lipinski definition) is 2. The van der Waals surface area contributed by atoms with E-state index >= 15 is 0 Å². The Balaban J connectivity index is 1.54. The third kappa shape index (κ3) is 9.93. The molecule has 0 heterocycles. The fourth-order valence-corrected chi connectivity index (χ4v) is 6.79. The number of rotatable bonds is 16. The number of allylic oxidation sites excluding steroid dienone is 5. The molecule has 35 heavy (non-hydrogen) atoms. The lowest BCUT2D eigenvalue weighted by Crippen LogP contribution is -2.49. The van der Waals surface area contributed by atoms with Crippen molar-refractivity contribution in [2.24, 2.45) is 22.7 Å². The van der Waals surface area contributed by atoms with E-state index in [0.717, 1.165) is 19.3 Å². The van der Waals surface area contributed by atoms with Crippen molar-refractivity contribution in [1.82, 2.24) is 0 Å². The zero-order valence-corrected chi connectivity index (χ0v) is 23.9. The van der Waals surface area contributed by atoms with Crippen LogP contribution in [-0.2, 0) is 9.53 Å². The lowest BCUT2D eigenvalue weighted by molar-refractivity contribution is -0.148. The first-order valence-corrected chi connectivity index (χ1v) is 14.9. The zero-order chi connectivity index (χ0) is 25.6. The summed E-state index contributed by atoms with van der Waals surface area (Å²) in [6.07, 6.45) is 30.6. The van der Waals surface area contributed by atoms with E-state index in [-0.39, 0.29) is 11.4 Å². The van der Waals surface area contributed by atoms with Crippen LogP contribution in [-0.4, -0.2) is 12.6 Å². The van der Waals surface area contributed by atoms with Gasteiger partial charge in [-0.05, 0) is 81.5 Å². The maximum atomic E-state index is 12.5. The number of hydrogen-bond donors (Lipinski definition) is 0. The molecule has 200 valence electrons. The first-order valence-electron chi connectivity index (χ1n) is 14.9. The van der Waals surface area contributed by atoms with Gasteiger partial charge in [0.15, 0.2) is 0 Å². The number of ether oxygens (including phenoxy) is 1. The molecule has 3 atom stereocenters. The minimum atomic E-state index is 0.00396. The summed E-state index contributed by atoms with van der Waals surface area (Å²) in [7, 11) is 0. The maximum absolute atomic E-state index is 12.5.